The van der Waals surface area contributed by atoms with Crippen molar-refractivity contribution in [1.29, 1.82) is 0 Å². The van der Waals surface area contributed by atoms with Crippen LogP contribution in [0.15, 0.2) is 34.1 Å². The van der Waals surface area contributed by atoms with Crippen LogP contribution >= 0.6 is 39.2 Å². The van der Waals surface area contributed by atoms with Crippen molar-refractivity contribution in [1.82, 2.24) is 5.32 Å². The Morgan fingerprint density at radius 3 is 2.81 bits per heavy atom. The second-order valence-electron chi connectivity index (χ2n) is 6.74. The van der Waals surface area contributed by atoms with Crippen LogP contribution in [-0.2, 0) is 4.79 Å². The monoisotopic (exact) mass is 465 g/mol. The Morgan fingerprint density at radius 1 is 1.30 bits per heavy atom. The van der Waals surface area contributed by atoms with Gasteiger partial charge in [0.15, 0.2) is 0 Å². The van der Waals surface area contributed by atoms with Gasteiger partial charge in [-0.3, -0.25) is 9.59 Å². The normalized spacial score (nSPS) is 19.8. The summed E-state index contributed by atoms with van der Waals surface area (Å²) in [6.45, 7) is 3.67. The topological polar surface area (TPSA) is 52.7 Å². The van der Waals surface area contributed by atoms with Crippen LogP contribution in [0.4, 0.5) is 11.4 Å². The van der Waals surface area contributed by atoms with E-state index >= 15 is 0 Å². The predicted octanol–water partition coefficient (Wildman–Crippen LogP) is 4.21. The lowest BCUT2D eigenvalue weighted by Crippen LogP contribution is -2.36. The molecule has 2 amide bonds. The number of hydrogen-bond donors (Lipinski definition) is 1. The molecule has 142 valence electrons. The number of carbonyl (C=O) groups excluding carboxylic acids is 2. The largest absolute Gasteiger partial charge is 0.346 e. The first-order valence-corrected chi connectivity index (χ1v) is 11.4. The molecule has 2 aliphatic rings. The molecule has 27 heavy (non-hydrogen) atoms. The van der Waals surface area contributed by atoms with E-state index in [9.17, 15) is 9.59 Å². The molecule has 2 aromatic rings. The van der Waals surface area contributed by atoms with Gasteiger partial charge in [0.05, 0.1) is 20.4 Å². The van der Waals surface area contributed by atoms with Gasteiger partial charge in [-0.2, -0.15) is 0 Å². The summed E-state index contributed by atoms with van der Waals surface area (Å²) in [5.41, 5.74) is 3.30. The molecule has 2 aliphatic heterocycles. The van der Waals surface area contributed by atoms with E-state index in [4.69, 9.17) is 0 Å². The van der Waals surface area contributed by atoms with Crippen LogP contribution in [-0.4, -0.2) is 36.7 Å². The van der Waals surface area contributed by atoms with Crippen molar-refractivity contribution in [3.8, 4) is 0 Å². The Kier molecular flexibility index (Phi) is 5.48. The molecule has 0 saturated carbocycles. The third-order valence-electron chi connectivity index (χ3n) is 4.77. The first kappa shape index (κ1) is 18.8. The van der Waals surface area contributed by atoms with Crippen molar-refractivity contribution in [2.75, 3.05) is 28.0 Å². The van der Waals surface area contributed by atoms with Crippen LogP contribution in [0, 0.1) is 6.92 Å². The number of thiophene rings is 1. The second-order valence-corrected chi connectivity index (χ2v) is 10.3. The van der Waals surface area contributed by atoms with Crippen LogP contribution in [0.2, 0.25) is 0 Å². The van der Waals surface area contributed by atoms with Crippen LogP contribution in [0.3, 0.4) is 0 Å². The van der Waals surface area contributed by atoms with E-state index < -0.39 is 0 Å². The molecule has 8 heteroatoms. The zero-order valence-corrected chi connectivity index (χ0v) is 18.1. The fraction of sp³-hybridized carbons (Fsp3) is 0.368. The Morgan fingerprint density at radius 2 is 2.15 bits per heavy atom. The number of halogens is 1. The summed E-state index contributed by atoms with van der Waals surface area (Å²) in [5, 5.41) is 2.99. The lowest BCUT2D eigenvalue weighted by atomic mass is 10.1. The maximum atomic E-state index is 12.5. The summed E-state index contributed by atoms with van der Waals surface area (Å²) in [5.74, 6) is 1.09. The van der Waals surface area contributed by atoms with Crippen molar-refractivity contribution in [2.24, 2.45) is 0 Å². The number of benzene rings is 1. The van der Waals surface area contributed by atoms with Crippen LogP contribution in [0.5, 0.6) is 0 Å². The van der Waals surface area contributed by atoms with Crippen molar-refractivity contribution < 1.29 is 9.59 Å². The molecule has 0 radical (unpaired) electrons. The lowest BCUT2D eigenvalue weighted by molar-refractivity contribution is -0.117. The minimum Gasteiger partial charge on any atom is -0.346 e. The van der Waals surface area contributed by atoms with Crippen molar-refractivity contribution in [3.63, 3.8) is 0 Å². The highest BCUT2D eigenvalue weighted by Gasteiger charge is 2.32. The second kappa shape index (κ2) is 7.85. The predicted molar refractivity (Wildman–Crippen MR) is 116 cm³/mol. The van der Waals surface area contributed by atoms with Crippen molar-refractivity contribution >= 4 is 62.4 Å². The van der Waals surface area contributed by atoms with Crippen LogP contribution < -0.4 is 14.5 Å². The number of rotatable bonds is 4. The van der Waals surface area contributed by atoms with E-state index in [-0.39, 0.29) is 17.9 Å². The average Bonchev–Trinajstić information content (AvgIpc) is 3.36. The van der Waals surface area contributed by atoms with Gasteiger partial charge in [-0.05, 0) is 77.1 Å². The maximum absolute atomic E-state index is 12.5. The number of hydrogen-bond acceptors (Lipinski definition) is 5. The highest BCUT2D eigenvalue weighted by atomic mass is 79.9. The Hall–Kier alpha value is -1.51. The van der Waals surface area contributed by atoms with Gasteiger partial charge in [-0.25, -0.2) is 0 Å². The Labute approximate surface area is 175 Å². The number of anilines is 2. The van der Waals surface area contributed by atoms with E-state index in [1.165, 1.54) is 29.0 Å². The fourth-order valence-corrected chi connectivity index (χ4v) is 5.84. The first-order chi connectivity index (χ1) is 13.0. The van der Waals surface area contributed by atoms with Crippen molar-refractivity contribution in [3.05, 3.63) is 44.6 Å². The maximum Gasteiger partial charge on any atom is 0.261 e. The third-order valence-corrected chi connectivity index (χ3v) is 7.56. The minimum atomic E-state index is -0.167. The average molecular weight is 466 g/mol. The number of aryl methyl sites for hydroxylation is 1. The van der Waals surface area contributed by atoms with Crippen molar-refractivity contribution in [2.45, 2.75) is 25.8 Å². The number of nitrogens with one attached hydrogen (secondary N) is 1. The molecule has 1 aromatic heterocycles. The quantitative estimate of drug-likeness (QED) is 0.686. The first-order valence-electron chi connectivity index (χ1n) is 8.89. The van der Waals surface area contributed by atoms with Gasteiger partial charge >= 0.3 is 0 Å². The summed E-state index contributed by atoms with van der Waals surface area (Å²) < 4.78 is 3.25. The van der Waals surface area contributed by atoms with E-state index in [1.54, 1.807) is 11.0 Å². The summed E-state index contributed by atoms with van der Waals surface area (Å²) in [6, 6.07) is 9.67. The van der Waals surface area contributed by atoms with E-state index in [0.29, 0.717) is 17.8 Å². The molecule has 0 spiro atoms. The third kappa shape index (κ3) is 4.02. The molecule has 1 atom stereocenters. The molecule has 1 unspecified atom stereocenters. The molecular weight excluding hydrogens is 446 g/mol. The molecule has 0 aliphatic carbocycles. The SMILES string of the molecule is Cc1cc(N2CC(NC(=O)c3ccc(Br)s3)CC2=O)ccc1N1CCCS1. The highest BCUT2D eigenvalue weighted by molar-refractivity contribution is 9.11. The van der Waals surface area contributed by atoms with Gasteiger partial charge in [0.25, 0.3) is 5.91 Å². The fourth-order valence-electron chi connectivity index (χ4n) is 3.47. The van der Waals surface area contributed by atoms with Gasteiger partial charge in [0, 0.05) is 31.0 Å². The Balaban J connectivity index is 1.44. The molecule has 0 bridgehead atoms. The van der Waals surface area contributed by atoms with E-state index in [2.05, 4.69) is 44.6 Å². The highest BCUT2D eigenvalue weighted by Crippen LogP contribution is 2.34. The smallest absolute Gasteiger partial charge is 0.261 e. The molecule has 1 N–H and O–H groups in total. The van der Waals surface area contributed by atoms with E-state index in [1.807, 2.05) is 24.1 Å². The zero-order valence-electron chi connectivity index (χ0n) is 14.9. The molecule has 3 heterocycles. The standard InChI is InChI=1S/C19H20BrN3O2S2/c1-12-9-14(3-4-15(12)23-7-2-8-26-23)22-11-13(10-18(22)24)21-19(25)16-5-6-17(20)27-16/h3-6,9,13H,2,7-8,10-11H2,1H3,(H,21,25). The van der Waals surface area contributed by atoms with Gasteiger partial charge in [0.1, 0.15) is 0 Å². The van der Waals surface area contributed by atoms with Crippen LogP contribution in [0.1, 0.15) is 28.1 Å². The van der Waals surface area contributed by atoms with E-state index in [0.717, 1.165) is 21.8 Å². The molecule has 5 nitrogen and oxygen atoms in total. The van der Waals surface area contributed by atoms with Gasteiger partial charge in [-0.15, -0.1) is 11.3 Å². The lowest BCUT2D eigenvalue weighted by Gasteiger charge is -2.22. The molecule has 2 saturated heterocycles. The van der Waals surface area contributed by atoms with Gasteiger partial charge in [0.2, 0.25) is 5.91 Å². The summed E-state index contributed by atoms with van der Waals surface area (Å²) in [4.78, 5) is 27.3. The summed E-state index contributed by atoms with van der Waals surface area (Å²) in [7, 11) is 0. The minimum absolute atomic E-state index is 0.0513. The Bertz CT molecular complexity index is 880. The molecular formula is C19H20BrN3O2S2. The van der Waals surface area contributed by atoms with Gasteiger partial charge in [-0.1, -0.05) is 0 Å². The number of carbonyl (C=O) groups is 2. The number of amides is 2. The molecule has 2 fully saturated rings. The van der Waals surface area contributed by atoms with Crippen LogP contribution in [0.25, 0.3) is 0 Å². The number of nitrogens with zero attached hydrogens (tertiary/aromatic N) is 2. The zero-order chi connectivity index (χ0) is 19.0. The summed E-state index contributed by atoms with van der Waals surface area (Å²) in [6.07, 6.45) is 1.54. The van der Waals surface area contributed by atoms with Gasteiger partial charge < -0.3 is 14.5 Å². The summed E-state index contributed by atoms with van der Waals surface area (Å²) >= 11 is 6.62. The molecule has 1 aromatic carbocycles. The molecule has 4 rings (SSSR count).